The molecule has 8 heteroatoms. The summed E-state index contributed by atoms with van der Waals surface area (Å²) >= 11 is 7.39. The van der Waals surface area contributed by atoms with Gasteiger partial charge in [0, 0.05) is 4.88 Å². The second-order valence-electron chi connectivity index (χ2n) is 6.87. The van der Waals surface area contributed by atoms with Crippen molar-refractivity contribution in [3.8, 4) is 0 Å². The summed E-state index contributed by atoms with van der Waals surface area (Å²) in [5.41, 5.74) is 1.41. The van der Waals surface area contributed by atoms with E-state index in [-0.39, 0.29) is 12.5 Å². The van der Waals surface area contributed by atoms with Gasteiger partial charge in [-0.1, -0.05) is 37.6 Å². The van der Waals surface area contributed by atoms with Gasteiger partial charge in [0.25, 0.3) is 5.91 Å². The highest BCUT2D eigenvalue weighted by Gasteiger charge is 2.28. The van der Waals surface area contributed by atoms with Crippen molar-refractivity contribution in [2.45, 2.75) is 40.7 Å². The molecule has 0 saturated carbocycles. The van der Waals surface area contributed by atoms with Crippen LogP contribution < -0.4 is 10.6 Å². The molecule has 29 heavy (non-hydrogen) atoms. The Bertz CT molecular complexity index is 923. The Balaban J connectivity index is 2.25. The smallest absolute Gasteiger partial charge is 0.341 e. The van der Waals surface area contributed by atoms with Crippen LogP contribution in [0.5, 0.6) is 0 Å². The highest BCUT2D eigenvalue weighted by Crippen LogP contribution is 2.33. The minimum absolute atomic E-state index is 0.186. The molecule has 0 spiro atoms. The number of thiophene rings is 1. The largest absolute Gasteiger partial charge is 0.462 e. The Morgan fingerprint density at radius 2 is 1.83 bits per heavy atom. The molecule has 2 aromatic rings. The number of ether oxygens (including phenoxy) is 1. The number of anilines is 1. The summed E-state index contributed by atoms with van der Waals surface area (Å²) < 4.78 is 5.12. The van der Waals surface area contributed by atoms with E-state index in [1.54, 1.807) is 31.2 Å². The van der Waals surface area contributed by atoms with Crippen LogP contribution >= 0.6 is 22.9 Å². The molecule has 0 aliphatic carbocycles. The maximum atomic E-state index is 13.0. The van der Waals surface area contributed by atoms with Crippen LogP contribution in [-0.4, -0.2) is 30.4 Å². The van der Waals surface area contributed by atoms with E-state index >= 15 is 0 Å². The Morgan fingerprint density at radius 1 is 1.17 bits per heavy atom. The monoisotopic (exact) mass is 436 g/mol. The molecular weight excluding hydrogens is 412 g/mol. The van der Waals surface area contributed by atoms with Crippen molar-refractivity contribution in [3.05, 3.63) is 50.9 Å². The van der Waals surface area contributed by atoms with Gasteiger partial charge in [-0.3, -0.25) is 9.59 Å². The molecule has 0 fully saturated rings. The molecule has 2 amide bonds. The molecule has 0 aliphatic rings. The number of esters is 1. The third kappa shape index (κ3) is 5.36. The zero-order valence-corrected chi connectivity index (χ0v) is 18.7. The highest BCUT2D eigenvalue weighted by atomic mass is 35.5. The topological polar surface area (TPSA) is 84.5 Å². The first-order valence-electron chi connectivity index (χ1n) is 9.30. The fraction of sp³-hybridized carbons (Fsp3) is 0.381. The molecule has 0 bridgehead atoms. The number of hydrogen-bond donors (Lipinski definition) is 2. The highest BCUT2D eigenvalue weighted by molar-refractivity contribution is 7.16. The maximum absolute atomic E-state index is 13.0. The molecule has 1 atom stereocenters. The fourth-order valence-electron chi connectivity index (χ4n) is 2.75. The van der Waals surface area contributed by atoms with Crippen LogP contribution in [0.15, 0.2) is 24.3 Å². The summed E-state index contributed by atoms with van der Waals surface area (Å²) in [5, 5.41) is 6.26. The number of carbonyl (C=O) groups is 3. The number of rotatable bonds is 7. The third-order valence-electron chi connectivity index (χ3n) is 4.46. The van der Waals surface area contributed by atoms with Crippen LogP contribution in [0.2, 0.25) is 5.02 Å². The first kappa shape index (κ1) is 22.9. The third-order valence-corrected chi connectivity index (χ3v) is 5.91. The lowest BCUT2D eigenvalue weighted by Gasteiger charge is -2.22. The van der Waals surface area contributed by atoms with E-state index in [4.69, 9.17) is 16.3 Å². The van der Waals surface area contributed by atoms with Crippen LogP contribution in [0.1, 0.15) is 51.9 Å². The van der Waals surface area contributed by atoms with E-state index in [1.165, 1.54) is 11.3 Å². The van der Waals surface area contributed by atoms with Crippen molar-refractivity contribution in [1.29, 1.82) is 0 Å². The number of nitrogens with one attached hydrogen (secondary N) is 2. The normalized spacial score (nSPS) is 11.8. The predicted octanol–water partition coefficient (Wildman–Crippen LogP) is 4.59. The Morgan fingerprint density at radius 3 is 2.41 bits per heavy atom. The van der Waals surface area contributed by atoms with Gasteiger partial charge >= 0.3 is 5.97 Å². The number of benzene rings is 1. The number of halogens is 1. The molecule has 0 saturated heterocycles. The molecule has 0 radical (unpaired) electrons. The zero-order chi connectivity index (χ0) is 21.7. The molecule has 156 valence electrons. The maximum Gasteiger partial charge on any atom is 0.341 e. The summed E-state index contributed by atoms with van der Waals surface area (Å²) in [5.74, 6) is -1.51. The molecule has 1 aromatic heterocycles. The van der Waals surface area contributed by atoms with Crippen LogP contribution in [0, 0.1) is 19.8 Å². The standard InChI is InChI=1S/C21H25ClN2O4S/c1-6-28-21(27)16-12(4)13(5)29-20(16)24-19(26)17(11(2)3)23-18(25)14-9-7-8-10-15(14)22/h7-11,17H,6H2,1-5H3,(H,23,25)(H,24,26). The van der Waals surface area contributed by atoms with Crippen molar-refractivity contribution < 1.29 is 19.1 Å². The molecule has 1 unspecified atom stereocenters. The molecule has 6 nitrogen and oxygen atoms in total. The minimum Gasteiger partial charge on any atom is -0.462 e. The fourth-order valence-corrected chi connectivity index (χ4v) is 4.03. The zero-order valence-electron chi connectivity index (χ0n) is 17.1. The van der Waals surface area contributed by atoms with Gasteiger partial charge in [0.05, 0.1) is 22.8 Å². The number of carbonyl (C=O) groups excluding carboxylic acids is 3. The van der Waals surface area contributed by atoms with Gasteiger partial charge < -0.3 is 15.4 Å². The second-order valence-corrected chi connectivity index (χ2v) is 8.50. The van der Waals surface area contributed by atoms with Crippen molar-refractivity contribution in [2.24, 2.45) is 5.92 Å². The van der Waals surface area contributed by atoms with E-state index in [0.29, 0.717) is 21.2 Å². The lowest BCUT2D eigenvalue weighted by molar-refractivity contribution is -0.118. The Kier molecular flexibility index (Phi) is 7.81. The number of amides is 2. The molecule has 0 aliphatic heterocycles. The van der Waals surface area contributed by atoms with E-state index in [2.05, 4.69) is 10.6 Å². The molecule has 1 heterocycles. The summed E-state index contributed by atoms with van der Waals surface area (Å²) in [6, 6.07) is 5.83. The van der Waals surface area contributed by atoms with Gasteiger partial charge in [-0.15, -0.1) is 11.3 Å². The van der Waals surface area contributed by atoms with Gasteiger partial charge in [0.15, 0.2) is 0 Å². The lowest BCUT2D eigenvalue weighted by Crippen LogP contribution is -2.47. The van der Waals surface area contributed by atoms with Gasteiger partial charge in [-0.2, -0.15) is 0 Å². The van der Waals surface area contributed by atoms with Gasteiger partial charge in [0.1, 0.15) is 11.0 Å². The molecule has 2 rings (SSSR count). The summed E-state index contributed by atoms with van der Waals surface area (Å²) in [4.78, 5) is 38.8. The van der Waals surface area contributed by atoms with Crippen LogP contribution in [0.25, 0.3) is 0 Å². The summed E-state index contributed by atoms with van der Waals surface area (Å²) in [6.07, 6.45) is 0. The van der Waals surface area contributed by atoms with E-state index in [0.717, 1.165) is 10.4 Å². The van der Waals surface area contributed by atoms with Crippen molar-refractivity contribution >= 4 is 45.7 Å². The SMILES string of the molecule is CCOC(=O)c1c(NC(=O)C(NC(=O)c2ccccc2Cl)C(C)C)sc(C)c1C. The van der Waals surface area contributed by atoms with Gasteiger partial charge in [0.2, 0.25) is 5.91 Å². The summed E-state index contributed by atoms with van der Waals surface area (Å²) in [6.45, 7) is 9.31. The Hall–Kier alpha value is -2.38. The van der Waals surface area contributed by atoms with E-state index in [9.17, 15) is 14.4 Å². The Labute approximate surface area is 179 Å². The minimum atomic E-state index is -0.809. The molecule has 2 N–H and O–H groups in total. The van der Waals surface area contributed by atoms with Crippen molar-refractivity contribution in [3.63, 3.8) is 0 Å². The van der Waals surface area contributed by atoms with Gasteiger partial charge in [-0.25, -0.2) is 4.79 Å². The van der Waals surface area contributed by atoms with Crippen molar-refractivity contribution in [1.82, 2.24) is 5.32 Å². The lowest BCUT2D eigenvalue weighted by atomic mass is 10.0. The summed E-state index contributed by atoms with van der Waals surface area (Å²) in [7, 11) is 0. The van der Waals surface area contributed by atoms with E-state index in [1.807, 2.05) is 27.7 Å². The number of hydrogen-bond acceptors (Lipinski definition) is 5. The van der Waals surface area contributed by atoms with Crippen LogP contribution in [0.3, 0.4) is 0 Å². The quantitative estimate of drug-likeness (QED) is 0.622. The van der Waals surface area contributed by atoms with Crippen LogP contribution in [-0.2, 0) is 9.53 Å². The molecular formula is C21H25ClN2O4S. The number of aryl methyl sites for hydroxylation is 1. The predicted molar refractivity (Wildman–Crippen MR) is 116 cm³/mol. The molecule has 1 aromatic carbocycles. The first-order chi connectivity index (χ1) is 13.7. The average molecular weight is 437 g/mol. The van der Waals surface area contributed by atoms with E-state index < -0.39 is 23.8 Å². The first-order valence-corrected chi connectivity index (χ1v) is 10.5. The van der Waals surface area contributed by atoms with Gasteiger partial charge in [-0.05, 0) is 44.4 Å². The second kappa shape index (κ2) is 9.89. The van der Waals surface area contributed by atoms with Crippen molar-refractivity contribution in [2.75, 3.05) is 11.9 Å². The average Bonchev–Trinajstić information content (AvgIpc) is 2.93. The van der Waals surface area contributed by atoms with Crippen LogP contribution in [0.4, 0.5) is 5.00 Å².